The first-order valence-corrected chi connectivity index (χ1v) is 7.20. The fraction of sp³-hybridized carbons (Fsp3) is 0.154. The van der Waals surface area contributed by atoms with Gasteiger partial charge in [0.25, 0.3) is 0 Å². The van der Waals surface area contributed by atoms with Gasteiger partial charge in [0.2, 0.25) is 0 Å². The molecule has 0 saturated carbocycles. The first kappa shape index (κ1) is 14.2. The standard InChI is InChI=1S/C13H11Cl2NO2S/c14-10-5-9(6-11(16)12(10)15)13(17)18-3-1-8-2-4-19-7-8/h2,4-7H,1,3,16H2. The number of carbonyl (C=O) groups is 1. The Morgan fingerprint density at radius 3 is 2.79 bits per heavy atom. The molecule has 0 atom stereocenters. The molecule has 0 aliphatic heterocycles. The molecule has 6 heteroatoms. The Morgan fingerprint density at radius 2 is 2.16 bits per heavy atom. The van der Waals surface area contributed by atoms with Crippen LogP contribution in [-0.4, -0.2) is 12.6 Å². The number of anilines is 1. The third-order valence-electron chi connectivity index (χ3n) is 2.50. The van der Waals surface area contributed by atoms with Crippen LogP contribution in [-0.2, 0) is 11.2 Å². The molecule has 0 spiro atoms. The minimum absolute atomic E-state index is 0.242. The van der Waals surface area contributed by atoms with Crippen molar-refractivity contribution in [3.8, 4) is 0 Å². The maximum absolute atomic E-state index is 11.8. The Kier molecular flexibility index (Phi) is 4.69. The van der Waals surface area contributed by atoms with E-state index in [1.165, 1.54) is 12.1 Å². The van der Waals surface area contributed by atoms with Crippen LogP contribution in [0.25, 0.3) is 0 Å². The van der Waals surface area contributed by atoms with E-state index in [9.17, 15) is 4.79 Å². The van der Waals surface area contributed by atoms with Gasteiger partial charge in [-0.2, -0.15) is 11.3 Å². The van der Waals surface area contributed by atoms with Gasteiger partial charge in [0, 0.05) is 6.42 Å². The van der Waals surface area contributed by atoms with Crippen LogP contribution in [0.4, 0.5) is 5.69 Å². The zero-order valence-electron chi connectivity index (χ0n) is 9.86. The molecule has 0 unspecified atom stereocenters. The Labute approximate surface area is 124 Å². The molecule has 0 radical (unpaired) electrons. The number of benzene rings is 1. The van der Waals surface area contributed by atoms with Gasteiger partial charge in [0.1, 0.15) is 0 Å². The van der Waals surface area contributed by atoms with E-state index in [1.54, 1.807) is 11.3 Å². The van der Waals surface area contributed by atoms with Crippen molar-refractivity contribution in [3.05, 3.63) is 50.1 Å². The molecule has 1 aromatic heterocycles. The minimum atomic E-state index is -0.458. The largest absolute Gasteiger partial charge is 0.462 e. The summed E-state index contributed by atoms with van der Waals surface area (Å²) < 4.78 is 5.16. The summed E-state index contributed by atoms with van der Waals surface area (Å²) in [5.41, 5.74) is 7.35. The van der Waals surface area contributed by atoms with Crippen molar-refractivity contribution < 1.29 is 9.53 Å². The van der Waals surface area contributed by atoms with Crippen molar-refractivity contribution in [2.45, 2.75) is 6.42 Å². The van der Waals surface area contributed by atoms with Crippen molar-refractivity contribution in [2.75, 3.05) is 12.3 Å². The van der Waals surface area contributed by atoms with Gasteiger partial charge < -0.3 is 10.5 Å². The van der Waals surface area contributed by atoms with Crippen LogP contribution in [0.2, 0.25) is 10.0 Å². The van der Waals surface area contributed by atoms with Crippen molar-refractivity contribution in [1.82, 2.24) is 0 Å². The van der Waals surface area contributed by atoms with Crippen LogP contribution in [0.5, 0.6) is 0 Å². The average Bonchev–Trinajstić information content (AvgIpc) is 2.88. The molecule has 19 heavy (non-hydrogen) atoms. The number of nitrogens with two attached hydrogens (primary N) is 1. The van der Waals surface area contributed by atoms with Crippen LogP contribution in [0.3, 0.4) is 0 Å². The highest BCUT2D eigenvalue weighted by atomic mass is 35.5. The number of nitrogen functional groups attached to an aromatic ring is 1. The molecule has 100 valence electrons. The number of rotatable bonds is 4. The molecular weight excluding hydrogens is 305 g/mol. The Balaban J connectivity index is 1.96. The molecule has 2 N–H and O–H groups in total. The van der Waals surface area contributed by atoms with Crippen molar-refractivity contribution >= 4 is 46.2 Å². The van der Waals surface area contributed by atoms with Gasteiger partial charge in [0.05, 0.1) is 27.9 Å². The molecule has 2 rings (SSSR count). The lowest BCUT2D eigenvalue weighted by Crippen LogP contribution is -2.08. The van der Waals surface area contributed by atoms with Crippen LogP contribution in [0.1, 0.15) is 15.9 Å². The second kappa shape index (κ2) is 6.28. The number of halogens is 2. The van der Waals surface area contributed by atoms with Gasteiger partial charge in [-0.15, -0.1) is 0 Å². The van der Waals surface area contributed by atoms with Crippen molar-refractivity contribution in [1.29, 1.82) is 0 Å². The number of ether oxygens (including phenoxy) is 1. The van der Waals surface area contributed by atoms with Gasteiger partial charge in [0.15, 0.2) is 0 Å². The zero-order valence-corrected chi connectivity index (χ0v) is 12.2. The van der Waals surface area contributed by atoms with Crippen molar-refractivity contribution in [3.63, 3.8) is 0 Å². The second-order valence-electron chi connectivity index (χ2n) is 3.88. The monoisotopic (exact) mass is 315 g/mol. The summed E-state index contributed by atoms with van der Waals surface area (Å²) in [6.07, 6.45) is 0.687. The lowest BCUT2D eigenvalue weighted by atomic mass is 10.2. The fourth-order valence-corrected chi connectivity index (χ4v) is 2.55. The Hall–Kier alpha value is -1.23. The lowest BCUT2D eigenvalue weighted by molar-refractivity contribution is 0.0509. The van der Waals surface area contributed by atoms with E-state index in [0.717, 1.165) is 5.56 Å². The molecule has 3 nitrogen and oxygen atoms in total. The lowest BCUT2D eigenvalue weighted by Gasteiger charge is -2.07. The highest BCUT2D eigenvalue weighted by Crippen LogP contribution is 2.29. The third kappa shape index (κ3) is 3.62. The molecule has 1 aromatic carbocycles. The van der Waals surface area contributed by atoms with E-state index in [1.807, 2.05) is 16.8 Å². The summed E-state index contributed by atoms with van der Waals surface area (Å²) in [5.74, 6) is -0.458. The highest BCUT2D eigenvalue weighted by Gasteiger charge is 2.12. The Morgan fingerprint density at radius 1 is 1.37 bits per heavy atom. The highest BCUT2D eigenvalue weighted by molar-refractivity contribution is 7.07. The van der Waals surface area contributed by atoms with E-state index in [4.69, 9.17) is 33.7 Å². The number of carbonyl (C=O) groups excluding carboxylic acids is 1. The van der Waals surface area contributed by atoms with Gasteiger partial charge in [-0.25, -0.2) is 4.79 Å². The molecule has 0 amide bonds. The second-order valence-corrected chi connectivity index (χ2v) is 5.44. The van der Waals surface area contributed by atoms with Crippen LogP contribution in [0.15, 0.2) is 29.0 Å². The summed E-state index contributed by atoms with van der Waals surface area (Å²) in [7, 11) is 0. The molecule has 0 aliphatic carbocycles. The van der Waals surface area contributed by atoms with E-state index >= 15 is 0 Å². The van der Waals surface area contributed by atoms with Crippen LogP contribution in [0, 0.1) is 0 Å². The predicted octanol–water partition coefficient (Wildman–Crippen LogP) is 4.04. The molecule has 0 saturated heterocycles. The summed E-state index contributed by atoms with van der Waals surface area (Å²) in [6, 6.07) is 4.91. The number of hydrogen-bond acceptors (Lipinski definition) is 4. The quantitative estimate of drug-likeness (QED) is 0.684. The Bertz CT molecular complexity index is 561. The normalized spacial score (nSPS) is 10.4. The number of esters is 1. The maximum atomic E-state index is 11.8. The topological polar surface area (TPSA) is 52.3 Å². The third-order valence-corrected chi connectivity index (χ3v) is 4.04. The molecule has 0 fully saturated rings. The van der Waals surface area contributed by atoms with Crippen LogP contribution >= 0.6 is 34.5 Å². The SMILES string of the molecule is Nc1cc(C(=O)OCCc2ccsc2)cc(Cl)c1Cl. The van der Waals surface area contributed by atoms with Gasteiger partial charge >= 0.3 is 5.97 Å². The van der Waals surface area contributed by atoms with E-state index < -0.39 is 5.97 Å². The average molecular weight is 316 g/mol. The minimum Gasteiger partial charge on any atom is -0.462 e. The summed E-state index contributed by atoms with van der Waals surface area (Å²) in [4.78, 5) is 11.8. The summed E-state index contributed by atoms with van der Waals surface area (Å²) in [5, 5.41) is 4.49. The molecule has 0 aliphatic rings. The van der Waals surface area contributed by atoms with E-state index in [-0.39, 0.29) is 15.7 Å². The smallest absolute Gasteiger partial charge is 0.338 e. The first-order chi connectivity index (χ1) is 9.08. The van der Waals surface area contributed by atoms with E-state index in [2.05, 4.69) is 0 Å². The van der Waals surface area contributed by atoms with Crippen LogP contribution < -0.4 is 5.73 Å². The van der Waals surface area contributed by atoms with E-state index in [0.29, 0.717) is 18.6 Å². The zero-order chi connectivity index (χ0) is 13.8. The van der Waals surface area contributed by atoms with Gasteiger partial charge in [-0.1, -0.05) is 23.2 Å². The first-order valence-electron chi connectivity index (χ1n) is 5.50. The molecule has 2 aromatic rings. The molecular formula is C13H11Cl2NO2S. The predicted molar refractivity (Wildman–Crippen MR) is 79.2 cm³/mol. The molecule has 1 heterocycles. The molecule has 0 bridgehead atoms. The fourth-order valence-electron chi connectivity index (χ4n) is 1.51. The number of hydrogen-bond donors (Lipinski definition) is 1. The summed E-state index contributed by atoms with van der Waals surface area (Å²) >= 11 is 13.3. The number of thiophene rings is 1. The van der Waals surface area contributed by atoms with Gasteiger partial charge in [-0.05, 0) is 34.5 Å². The maximum Gasteiger partial charge on any atom is 0.338 e. The summed E-state index contributed by atoms with van der Waals surface area (Å²) in [6.45, 7) is 0.315. The van der Waals surface area contributed by atoms with Crippen molar-refractivity contribution in [2.24, 2.45) is 0 Å². The van der Waals surface area contributed by atoms with Gasteiger partial charge in [-0.3, -0.25) is 0 Å².